The van der Waals surface area contributed by atoms with Gasteiger partial charge < -0.3 is 15.4 Å². The molecule has 0 radical (unpaired) electrons. The van der Waals surface area contributed by atoms with E-state index in [1.165, 1.54) is 22.1 Å². The van der Waals surface area contributed by atoms with Crippen molar-refractivity contribution in [3.63, 3.8) is 0 Å². The molecule has 3 unspecified atom stereocenters. The van der Waals surface area contributed by atoms with Gasteiger partial charge in [0.05, 0.1) is 32.1 Å². The maximum Gasteiger partial charge on any atom is 0.314 e. The van der Waals surface area contributed by atoms with E-state index in [9.17, 15) is 17.5 Å². The molecule has 3 aromatic rings. The lowest BCUT2D eigenvalue weighted by atomic mass is 10.1. The Balaban J connectivity index is 1.56. The molecular formula is C19H23F2N8O3S+. The number of nitrogens with one attached hydrogen (secondary N) is 2. The average molecular weight is 482 g/mol. The molecule has 2 aliphatic rings. The molecule has 2 aliphatic heterocycles. The molecule has 33 heavy (non-hydrogen) atoms. The fraction of sp³-hybridized carbons (Fsp3) is 0.474. The largest absolute Gasteiger partial charge is 0.492 e. The first kappa shape index (κ1) is 21.9. The molecule has 0 aliphatic carbocycles. The summed E-state index contributed by atoms with van der Waals surface area (Å²) in [6, 6.07) is 1.01. The second kappa shape index (κ2) is 8.43. The Kier molecular flexibility index (Phi) is 5.58. The minimum absolute atomic E-state index is 0.0735. The Bertz CT molecular complexity index is 1240. The van der Waals surface area contributed by atoms with Crippen LogP contribution in [0.5, 0.6) is 5.75 Å². The first-order valence-corrected chi connectivity index (χ1v) is 12.1. The number of fused-ring (bicyclic) bond motifs is 1. The summed E-state index contributed by atoms with van der Waals surface area (Å²) in [6.07, 6.45) is 2.19. The van der Waals surface area contributed by atoms with Crippen LogP contribution in [0.2, 0.25) is 0 Å². The first-order chi connectivity index (χ1) is 15.9. The number of ether oxygens (including phenoxy) is 1. The predicted molar refractivity (Wildman–Crippen MR) is 118 cm³/mol. The zero-order chi connectivity index (χ0) is 23.2. The first-order valence-electron chi connectivity index (χ1n) is 10.5. The van der Waals surface area contributed by atoms with Gasteiger partial charge in [-0.25, -0.2) is 28.2 Å². The molecule has 11 nitrogen and oxygen atoms in total. The third kappa shape index (κ3) is 3.98. The van der Waals surface area contributed by atoms with Gasteiger partial charge in [0.25, 0.3) is 0 Å². The number of nitrogens with zero attached hydrogens (tertiary/aromatic N) is 6. The van der Waals surface area contributed by atoms with E-state index in [0.717, 1.165) is 6.20 Å². The average Bonchev–Trinajstić information content (AvgIpc) is 3.37. The molecule has 0 aromatic carbocycles. The molecule has 176 valence electrons. The SMILES string of the molecule is COc1cc2ncc(-c3nc(NC4CNCCC4F)ncc3F)n2nc1N1CCC[S+]1(=O)O. The number of anilines is 2. The molecule has 5 rings (SSSR count). The zero-order valence-electron chi connectivity index (χ0n) is 17.7. The van der Waals surface area contributed by atoms with Crippen LogP contribution in [0.1, 0.15) is 12.8 Å². The summed E-state index contributed by atoms with van der Waals surface area (Å²) in [5.41, 5.74) is 0.454. The van der Waals surface area contributed by atoms with Crippen molar-refractivity contribution >= 4 is 27.8 Å². The maximum atomic E-state index is 14.8. The van der Waals surface area contributed by atoms with E-state index in [4.69, 9.17) is 4.74 Å². The smallest absolute Gasteiger partial charge is 0.314 e. The monoisotopic (exact) mass is 481 g/mol. The van der Waals surface area contributed by atoms with Gasteiger partial charge in [-0.15, -0.1) is 9.40 Å². The summed E-state index contributed by atoms with van der Waals surface area (Å²) in [4.78, 5) is 12.4. The number of piperidine rings is 1. The molecular weight excluding hydrogens is 458 g/mol. The Morgan fingerprint density at radius 1 is 1.36 bits per heavy atom. The molecule has 0 saturated carbocycles. The predicted octanol–water partition coefficient (Wildman–Crippen LogP) is 1.54. The number of aromatic nitrogens is 5. The van der Waals surface area contributed by atoms with Crippen molar-refractivity contribution in [2.75, 3.05) is 42.1 Å². The number of methoxy groups -OCH3 is 1. The number of imidazole rings is 1. The standard InChI is InChI=1S/C19H22F2N8O3S/c1-32-15-7-16-23-10-14(29(16)27-18(15)28-5-2-6-33(28,30)31)17-12(21)8-24-19(26-17)25-13-9-22-4-3-11(13)20/h7-8,10-11,13,22H,2-6,9H2,1H3,(H-,24,25,26,30,31)/p+1. The molecule has 2 saturated heterocycles. The molecule has 0 bridgehead atoms. The Hall–Kier alpha value is -2.97. The van der Waals surface area contributed by atoms with Crippen LogP contribution in [0.15, 0.2) is 18.5 Å². The van der Waals surface area contributed by atoms with Gasteiger partial charge in [-0.2, -0.15) is 4.55 Å². The fourth-order valence-corrected chi connectivity index (χ4v) is 5.55. The van der Waals surface area contributed by atoms with Crippen molar-refractivity contribution in [2.24, 2.45) is 0 Å². The molecule has 14 heteroatoms. The molecule has 0 amide bonds. The number of hydrogen-bond acceptors (Lipinski definition) is 8. The molecule has 3 N–H and O–H groups in total. The maximum absolute atomic E-state index is 14.8. The van der Waals surface area contributed by atoms with E-state index < -0.39 is 28.4 Å². The van der Waals surface area contributed by atoms with E-state index in [1.807, 2.05) is 0 Å². The van der Waals surface area contributed by atoms with Crippen molar-refractivity contribution in [1.29, 1.82) is 0 Å². The summed E-state index contributed by atoms with van der Waals surface area (Å²) in [6.45, 7) is 1.31. The quantitative estimate of drug-likeness (QED) is 0.465. The van der Waals surface area contributed by atoms with Crippen LogP contribution in [0.3, 0.4) is 0 Å². The van der Waals surface area contributed by atoms with Crippen molar-refractivity contribution in [2.45, 2.75) is 25.1 Å². The van der Waals surface area contributed by atoms with Crippen molar-refractivity contribution < 1.29 is 22.3 Å². The fourth-order valence-electron chi connectivity index (χ4n) is 4.01. The number of rotatable bonds is 5. The van der Waals surface area contributed by atoms with Gasteiger partial charge in [0, 0.05) is 19.0 Å². The normalized spacial score (nSPS) is 25.5. The van der Waals surface area contributed by atoms with E-state index in [-0.39, 0.29) is 34.7 Å². The third-order valence-electron chi connectivity index (χ3n) is 5.71. The van der Waals surface area contributed by atoms with E-state index in [0.29, 0.717) is 38.1 Å². The van der Waals surface area contributed by atoms with Crippen molar-refractivity contribution in [3.05, 3.63) is 24.3 Å². The second-order valence-electron chi connectivity index (χ2n) is 7.87. The molecule has 2 fully saturated rings. The molecule has 3 aromatic heterocycles. The molecule has 0 spiro atoms. The molecule has 5 heterocycles. The highest BCUT2D eigenvalue weighted by Gasteiger charge is 2.44. The lowest BCUT2D eigenvalue weighted by Gasteiger charge is -2.27. The van der Waals surface area contributed by atoms with Gasteiger partial charge in [-0.05, 0) is 17.2 Å². The van der Waals surface area contributed by atoms with Crippen LogP contribution in [-0.4, -0.2) is 73.8 Å². The van der Waals surface area contributed by atoms with Crippen LogP contribution in [0.4, 0.5) is 20.5 Å². The van der Waals surface area contributed by atoms with E-state index in [1.54, 1.807) is 6.07 Å². The van der Waals surface area contributed by atoms with Crippen molar-refractivity contribution in [3.8, 4) is 17.1 Å². The lowest BCUT2D eigenvalue weighted by Crippen LogP contribution is -2.46. The van der Waals surface area contributed by atoms with Crippen LogP contribution in [0.25, 0.3) is 17.0 Å². The highest BCUT2D eigenvalue weighted by molar-refractivity contribution is 7.99. The summed E-state index contributed by atoms with van der Waals surface area (Å²) >= 11 is 0. The number of hydrogen-bond donors (Lipinski definition) is 3. The van der Waals surface area contributed by atoms with Crippen LogP contribution >= 0.6 is 0 Å². The Morgan fingerprint density at radius 3 is 2.94 bits per heavy atom. The van der Waals surface area contributed by atoms with Gasteiger partial charge >= 0.3 is 10.4 Å². The minimum atomic E-state index is -3.28. The van der Waals surface area contributed by atoms with Crippen molar-refractivity contribution in [1.82, 2.24) is 29.9 Å². The highest BCUT2D eigenvalue weighted by Crippen LogP contribution is 2.35. The Morgan fingerprint density at radius 2 is 2.21 bits per heavy atom. The van der Waals surface area contributed by atoms with Crippen LogP contribution in [-0.2, 0) is 14.6 Å². The van der Waals surface area contributed by atoms with Gasteiger partial charge in [-0.3, -0.25) is 0 Å². The summed E-state index contributed by atoms with van der Waals surface area (Å²) in [5.74, 6) is -0.104. The number of alkyl halides is 1. The second-order valence-corrected chi connectivity index (χ2v) is 9.93. The Labute approximate surface area is 189 Å². The lowest BCUT2D eigenvalue weighted by molar-refractivity contribution is 0.240. The molecule has 3 atom stereocenters. The highest BCUT2D eigenvalue weighted by atomic mass is 32.3. The topological polar surface area (TPSA) is 130 Å². The summed E-state index contributed by atoms with van der Waals surface area (Å²) < 4.78 is 59.8. The summed E-state index contributed by atoms with van der Waals surface area (Å²) in [7, 11) is -1.86. The summed E-state index contributed by atoms with van der Waals surface area (Å²) in [5, 5.41) is 10.5. The minimum Gasteiger partial charge on any atom is -0.492 e. The van der Waals surface area contributed by atoms with Gasteiger partial charge in [0.15, 0.2) is 23.0 Å². The third-order valence-corrected chi connectivity index (χ3v) is 7.58. The van der Waals surface area contributed by atoms with Crippen LogP contribution < -0.4 is 19.7 Å². The van der Waals surface area contributed by atoms with E-state index in [2.05, 4.69) is 30.7 Å². The van der Waals surface area contributed by atoms with Crippen LogP contribution in [0, 0.1) is 5.82 Å². The number of halogens is 2. The van der Waals surface area contributed by atoms with Gasteiger partial charge in [0.1, 0.15) is 17.6 Å². The van der Waals surface area contributed by atoms with Gasteiger partial charge in [-0.1, -0.05) is 0 Å². The van der Waals surface area contributed by atoms with E-state index >= 15 is 0 Å². The van der Waals surface area contributed by atoms with Gasteiger partial charge in [0.2, 0.25) is 11.8 Å². The zero-order valence-corrected chi connectivity index (χ0v) is 18.6.